The zero-order chi connectivity index (χ0) is 30.7. The standard InChI is InChI=1S/C35H34N8O2/c1-20-36-12-15-43(20)31-18-29-26(17-25(31)23-6-5-7-24(16-23)37-21(2)44)33(38-30-19-42-13-10-22(30)11-14-42)32(35(45)41-29)34-39-27-8-3-4-9-28(27)40-34/h3-9,12,15-18,22,30H,10-11,13-14,19H2,1-2H3,(H,37,44)(H,39,40)(H2,38,41,45)/t30-/m0/s1. The summed E-state index contributed by atoms with van der Waals surface area (Å²) >= 11 is 0. The monoisotopic (exact) mass is 598 g/mol. The number of hydrogen-bond donors (Lipinski definition) is 4. The van der Waals surface area contributed by atoms with E-state index in [0.717, 1.165) is 77.2 Å². The Kier molecular flexibility index (Phi) is 6.53. The van der Waals surface area contributed by atoms with E-state index in [1.54, 1.807) is 6.20 Å². The van der Waals surface area contributed by atoms with Crippen molar-refractivity contribution in [3.05, 3.63) is 89.2 Å². The second-order valence-electron chi connectivity index (χ2n) is 12.2. The number of aromatic amines is 2. The number of rotatable bonds is 6. The number of anilines is 2. The van der Waals surface area contributed by atoms with Gasteiger partial charge in [-0.15, -0.1) is 0 Å². The van der Waals surface area contributed by atoms with Crippen molar-refractivity contribution in [2.75, 3.05) is 30.3 Å². The molecule has 9 rings (SSSR count). The summed E-state index contributed by atoms with van der Waals surface area (Å²) in [5.74, 6) is 1.76. The summed E-state index contributed by atoms with van der Waals surface area (Å²) in [6.45, 7) is 6.65. The molecule has 10 nitrogen and oxygen atoms in total. The quantitative estimate of drug-likeness (QED) is 0.195. The van der Waals surface area contributed by atoms with Crippen molar-refractivity contribution in [1.29, 1.82) is 0 Å². The number of aromatic nitrogens is 5. The number of nitrogens with zero attached hydrogens (tertiary/aromatic N) is 4. The maximum atomic E-state index is 14.1. The largest absolute Gasteiger partial charge is 0.379 e. The zero-order valence-electron chi connectivity index (χ0n) is 25.2. The highest BCUT2D eigenvalue weighted by molar-refractivity contribution is 6.03. The second kappa shape index (κ2) is 10.7. The van der Waals surface area contributed by atoms with E-state index in [2.05, 4.69) is 36.6 Å². The van der Waals surface area contributed by atoms with Crippen molar-refractivity contribution in [2.24, 2.45) is 5.92 Å². The molecule has 2 bridgehead atoms. The van der Waals surface area contributed by atoms with Crippen molar-refractivity contribution in [3.63, 3.8) is 0 Å². The van der Waals surface area contributed by atoms with Crippen molar-refractivity contribution < 1.29 is 4.79 Å². The summed E-state index contributed by atoms with van der Waals surface area (Å²) in [7, 11) is 0. The van der Waals surface area contributed by atoms with Crippen LogP contribution in [0.15, 0.2) is 77.9 Å². The summed E-state index contributed by atoms with van der Waals surface area (Å²) in [6.07, 6.45) is 5.98. The van der Waals surface area contributed by atoms with Crippen LogP contribution < -0.4 is 16.2 Å². The van der Waals surface area contributed by atoms with Gasteiger partial charge in [-0.1, -0.05) is 24.3 Å². The molecular weight excluding hydrogens is 564 g/mol. The van der Waals surface area contributed by atoms with Gasteiger partial charge in [0.25, 0.3) is 5.56 Å². The van der Waals surface area contributed by atoms with E-state index in [0.29, 0.717) is 28.5 Å². The maximum Gasteiger partial charge on any atom is 0.261 e. The Labute approximate surface area is 259 Å². The molecule has 10 heteroatoms. The number of imidazole rings is 2. The fourth-order valence-corrected chi connectivity index (χ4v) is 7.12. The zero-order valence-corrected chi connectivity index (χ0v) is 25.2. The van der Waals surface area contributed by atoms with Crippen molar-refractivity contribution in [2.45, 2.75) is 32.7 Å². The average molecular weight is 599 g/mol. The van der Waals surface area contributed by atoms with Crippen molar-refractivity contribution in [1.82, 2.24) is 29.4 Å². The highest BCUT2D eigenvalue weighted by atomic mass is 16.1. The highest BCUT2D eigenvalue weighted by Crippen LogP contribution is 2.40. The number of piperidine rings is 3. The summed E-state index contributed by atoms with van der Waals surface area (Å²) in [5.41, 5.74) is 6.92. The summed E-state index contributed by atoms with van der Waals surface area (Å²) in [4.78, 5) is 44.4. The number of hydrogen-bond acceptors (Lipinski definition) is 6. The average Bonchev–Trinajstić information content (AvgIpc) is 3.67. The van der Waals surface area contributed by atoms with Gasteiger partial charge in [0.15, 0.2) is 0 Å². The Morgan fingerprint density at radius 2 is 1.84 bits per heavy atom. The number of fused-ring (bicyclic) bond motifs is 5. The molecule has 6 heterocycles. The molecule has 3 aliphatic rings. The minimum Gasteiger partial charge on any atom is -0.379 e. The van der Waals surface area contributed by atoms with Gasteiger partial charge >= 0.3 is 0 Å². The van der Waals surface area contributed by atoms with E-state index < -0.39 is 0 Å². The lowest BCUT2D eigenvalue weighted by Crippen LogP contribution is -2.53. The Morgan fingerprint density at radius 3 is 2.58 bits per heavy atom. The predicted octanol–water partition coefficient (Wildman–Crippen LogP) is 5.70. The molecule has 4 N–H and O–H groups in total. The molecule has 3 aromatic carbocycles. The third-order valence-electron chi connectivity index (χ3n) is 9.32. The molecule has 1 atom stereocenters. The van der Waals surface area contributed by atoms with Gasteiger partial charge in [-0.25, -0.2) is 9.97 Å². The number of pyridine rings is 1. The lowest BCUT2D eigenvalue weighted by atomic mass is 9.83. The molecule has 3 saturated heterocycles. The fourth-order valence-electron chi connectivity index (χ4n) is 7.12. The molecule has 45 heavy (non-hydrogen) atoms. The molecule has 0 spiro atoms. The van der Waals surface area contributed by atoms with Crippen LogP contribution in [-0.4, -0.2) is 61.0 Å². The molecule has 3 fully saturated rings. The van der Waals surface area contributed by atoms with E-state index in [1.807, 2.05) is 72.3 Å². The van der Waals surface area contributed by atoms with E-state index in [9.17, 15) is 9.59 Å². The van der Waals surface area contributed by atoms with Crippen LogP contribution in [-0.2, 0) is 4.79 Å². The van der Waals surface area contributed by atoms with Crippen LogP contribution in [0, 0.1) is 12.8 Å². The lowest BCUT2D eigenvalue weighted by molar-refractivity contribution is -0.114. The molecule has 0 radical (unpaired) electrons. The van der Waals surface area contributed by atoms with Gasteiger partial charge in [-0.3, -0.25) is 9.59 Å². The van der Waals surface area contributed by atoms with Gasteiger partial charge in [0.2, 0.25) is 5.91 Å². The number of H-pyrrole nitrogens is 2. The molecule has 226 valence electrons. The molecule has 1 amide bonds. The number of benzene rings is 3. The second-order valence-corrected chi connectivity index (χ2v) is 12.2. The SMILES string of the molecule is CC(=O)Nc1cccc(-c2cc3c(N[C@H]4CN5CCC4CC5)c(-c4nc5ccccc5[nH]4)c(=O)[nH]c3cc2-n2ccnc2C)c1. The first-order chi connectivity index (χ1) is 21.9. The molecular formula is C35H34N8O2. The van der Waals surface area contributed by atoms with Crippen molar-refractivity contribution >= 4 is 39.2 Å². The van der Waals surface area contributed by atoms with Gasteiger partial charge in [-0.05, 0) is 80.7 Å². The minimum atomic E-state index is -0.209. The number of carbonyl (C=O) groups excluding carboxylic acids is 1. The molecule has 6 aromatic rings. The number of aryl methyl sites for hydroxylation is 1. The molecule has 3 aromatic heterocycles. The number of nitrogens with one attached hydrogen (secondary N) is 4. The molecule has 3 aliphatic heterocycles. The van der Waals surface area contributed by atoms with Crippen molar-refractivity contribution in [3.8, 4) is 28.2 Å². The Bertz CT molecular complexity index is 2120. The Morgan fingerprint density at radius 1 is 1.00 bits per heavy atom. The van der Waals surface area contributed by atoms with E-state index >= 15 is 0 Å². The van der Waals surface area contributed by atoms with Crippen LogP contribution in [0.5, 0.6) is 0 Å². The Balaban J connectivity index is 1.40. The van der Waals surface area contributed by atoms with E-state index in [-0.39, 0.29) is 17.5 Å². The van der Waals surface area contributed by atoms with Crippen LogP contribution in [0.25, 0.3) is 50.1 Å². The first-order valence-corrected chi connectivity index (χ1v) is 15.5. The predicted molar refractivity (Wildman–Crippen MR) is 178 cm³/mol. The maximum absolute atomic E-state index is 14.1. The fraction of sp³-hybridized carbons (Fsp3) is 0.257. The highest BCUT2D eigenvalue weighted by Gasteiger charge is 2.35. The normalized spacial score (nSPS) is 19.3. The smallest absolute Gasteiger partial charge is 0.261 e. The minimum absolute atomic E-state index is 0.131. The van der Waals surface area contributed by atoms with Gasteiger partial charge in [0.1, 0.15) is 17.2 Å². The third kappa shape index (κ3) is 4.87. The topological polar surface area (TPSA) is 124 Å². The number of amides is 1. The van der Waals surface area contributed by atoms with Crippen LogP contribution in [0.4, 0.5) is 11.4 Å². The summed E-state index contributed by atoms with van der Waals surface area (Å²) in [5, 5.41) is 7.70. The van der Waals surface area contributed by atoms with Gasteiger partial charge in [0.05, 0.1) is 27.9 Å². The molecule has 0 saturated carbocycles. The number of carbonyl (C=O) groups is 1. The van der Waals surface area contributed by atoms with E-state index in [1.165, 1.54) is 6.92 Å². The van der Waals surface area contributed by atoms with Crippen LogP contribution in [0.1, 0.15) is 25.6 Å². The Hall–Kier alpha value is -5.22. The first-order valence-electron chi connectivity index (χ1n) is 15.5. The number of para-hydroxylation sites is 2. The van der Waals surface area contributed by atoms with Gasteiger partial charge < -0.3 is 30.1 Å². The first kappa shape index (κ1) is 27.3. The van der Waals surface area contributed by atoms with E-state index in [4.69, 9.17) is 4.98 Å². The van der Waals surface area contributed by atoms with Gasteiger partial charge in [0, 0.05) is 48.5 Å². The summed E-state index contributed by atoms with van der Waals surface area (Å²) < 4.78 is 2.02. The lowest BCUT2D eigenvalue weighted by Gasteiger charge is -2.45. The van der Waals surface area contributed by atoms with Gasteiger partial charge in [-0.2, -0.15) is 0 Å². The van der Waals surface area contributed by atoms with Crippen LogP contribution in [0.2, 0.25) is 0 Å². The summed E-state index contributed by atoms with van der Waals surface area (Å²) in [6, 6.07) is 20.0. The molecule has 0 unspecified atom stereocenters. The third-order valence-corrected chi connectivity index (χ3v) is 9.32. The van der Waals surface area contributed by atoms with Crippen LogP contribution in [0.3, 0.4) is 0 Å². The molecule has 0 aliphatic carbocycles. The van der Waals surface area contributed by atoms with Crippen LogP contribution >= 0.6 is 0 Å².